The van der Waals surface area contributed by atoms with E-state index in [4.69, 9.17) is 21.1 Å². The van der Waals surface area contributed by atoms with Crippen LogP contribution in [0.5, 0.6) is 11.5 Å². The lowest BCUT2D eigenvalue weighted by Crippen LogP contribution is -2.31. The van der Waals surface area contributed by atoms with Gasteiger partial charge in [-0.2, -0.15) is 13.2 Å². The highest BCUT2D eigenvalue weighted by Gasteiger charge is 2.30. The largest absolute Gasteiger partial charge is 0.495 e. The third-order valence-electron chi connectivity index (χ3n) is 2.60. The van der Waals surface area contributed by atoms with Crippen LogP contribution >= 0.6 is 11.6 Å². The van der Waals surface area contributed by atoms with Crippen LogP contribution in [0.4, 0.5) is 18.9 Å². The summed E-state index contributed by atoms with van der Waals surface area (Å²) in [5.41, 5.74) is 0.205. The van der Waals surface area contributed by atoms with Gasteiger partial charge in [0.2, 0.25) is 0 Å². The van der Waals surface area contributed by atoms with E-state index < -0.39 is 24.8 Å². The number of ether oxygens (including phenoxy) is 3. The van der Waals surface area contributed by atoms with E-state index in [-0.39, 0.29) is 22.2 Å². The van der Waals surface area contributed by atoms with E-state index in [1.165, 1.54) is 33.3 Å². The molecule has 0 heterocycles. The molecule has 0 aliphatic heterocycles. The van der Waals surface area contributed by atoms with Crippen LogP contribution in [0, 0.1) is 0 Å². The maximum absolute atomic E-state index is 12.1. The Hall–Kier alpha value is -1.67. The molecule has 0 unspecified atom stereocenters. The van der Waals surface area contributed by atoms with Gasteiger partial charge in [0.25, 0.3) is 5.91 Å². The Balaban J connectivity index is 2.82. The molecule has 0 saturated carbocycles. The second-order valence-corrected chi connectivity index (χ2v) is 4.65. The maximum Gasteiger partial charge on any atom is 0.411 e. The van der Waals surface area contributed by atoms with Crippen molar-refractivity contribution < 1.29 is 32.2 Å². The van der Waals surface area contributed by atoms with Crippen molar-refractivity contribution in [2.75, 3.05) is 26.1 Å². The van der Waals surface area contributed by atoms with E-state index in [0.717, 1.165) is 0 Å². The van der Waals surface area contributed by atoms with Crippen LogP contribution in [0.2, 0.25) is 5.02 Å². The molecule has 1 amide bonds. The third-order valence-corrected chi connectivity index (χ3v) is 2.89. The van der Waals surface area contributed by atoms with Gasteiger partial charge < -0.3 is 19.5 Å². The summed E-state index contributed by atoms with van der Waals surface area (Å²) in [6.45, 7) is -0.302. The monoisotopic (exact) mass is 341 g/mol. The SMILES string of the molecule is COc1cc(NC(=O)[C@@H](C)OCC(F)(F)F)c(OC)cc1Cl. The summed E-state index contributed by atoms with van der Waals surface area (Å²) in [5.74, 6) is -0.240. The molecule has 0 aliphatic rings. The second kappa shape index (κ2) is 7.55. The van der Waals surface area contributed by atoms with E-state index in [1.54, 1.807) is 0 Å². The van der Waals surface area contributed by atoms with Gasteiger partial charge in [0, 0.05) is 12.1 Å². The van der Waals surface area contributed by atoms with Crippen molar-refractivity contribution in [3.63, 3.8) is 0 Å². The van der Waals surface area contributed by atoms with Gasteiger partial charge in [-0.25, -0.2) is 0 Å². The first-order valence-corrected chi connectivity index (χ1v) is 6.46. The molecule has 0 radical (unpaired) electrons. The minimum atomic E-state index is -4.50. The lowest BCUT2D eigenvalue weighted by atomic mass is 10.2. The molecule has 1 aromatic rings. The molecule has 1 rings (SSSR count). The third kappa shape index (κ3) is 5.27. The number of halogens is 4. The summed E-state index contributed by atoms with van der Waals surface area (Å²) in [6, 6.07) is 2.81. The summed E-state index contributed by atoms with van der Waals surface area (Å²) in [4.78, 5) is 11.8. The van der Waals surface area contributed by atoms with Crippen LogP contribution in [0.15, 0.2) is 12.1 Å². The lowest BCUT2D eigenvalue weighted by molar-refractivity contribution is -0.184. The molecule has 0 spiro atoms. The molecule has 0 bridgehead atoms. The predicted molar refractivity (Wildman–Crippen MR) is 74.7 cm³/mol. The molecule has 0 saturated heterocycles. The van der Waals surface area contributed by atoms with Gasteiger partial charge >= 0.3 is 6.18 Å². The normalized spacial score (nSPS) is 12.7. The van der Waals surface area contributed by atoms with Crippen molar-refractivity contribution in [1.82, 2.24) is 0 Å². The number of nitrogens with one attached hydrogen (secondary N) is 1. The molecule has 5 nitrogen and oxygen atoms in total. The molecule has 22 heavy (non-hydrogen) atoms. The first-order chi connectivity index (χ1) is 10.2. The number of anilines is 1. The quantitative estimate of drug-likeness (QED) is 0.863. The van der Waals surface area contributed by atoms with Gasteiger partial charge in [0.1, 0.15) is 24.2 Å². The van der Waals surface area contributed by atoms with Crippen molar-refractivity contribution in [1.29, 1.82) is 0 Å². The Kier molecular flexibility index (Phi) is 6.31. The van der Waals surface area contributed by atoms with Crippen LogP contribution < -0.4 is 14.8 Å². The first-order valence-electron chi connectivity index (χ1n) is 6.08. The number of rotatable bonds is 6. The summed E-state index contributed by atoms with van der Waals surface area (Å²) < 4.78 is 50.7. The fourth-order valence-corrected chi connectivity index (χ4v) is 1.72. The smallest absolute Gasteiger partial charge is 0.411 e. The second-order valence-electron chi connectivity index (χ2n) is 4.24. The lowest BCUT2D eigenvalue weighted by Gasteiger charge is -2.17. The number of hydrogen-bond donors (Lipinski definition) is 1. The zero-order valence-electron chi connectivity index (χ0n) is 12.1. The summed E-state index contributed by atoms with van der Waals surface area (Å²) >= 11 is 5.91. The fraction of sp³-hybridized carbons (Fsp3) is 0.462. The van der Waals surface area contributed by atoms with Gasteiger partial charge in [-0.05, 0) is 6.92 Å². The molecule has 124 valence electrons. The highest BCUT2D eigenvalue weighted by Crippen LogP contribution is 2.35. The van der Waals surface area contributed by atoms with Crippen molar-refractivity contribution in [2.45, 2.75) is 19.2 Å². The number of hydrogen-bond acceptors (Lipinski definition) is 4. The van der Waals surface area contributed by atoms with Crippen LogP contribution in [-0.2, 0) is 9.53 Å². The molecule has 1 N–H and O–H groups in total. The van der Waals surface area contributed by atoms with Crippen molar-refractivity contribution in [2.24, 2.45) is 0 Å². The minimum Gasteiger partial charge on any atom is -0.495 e. The Bertz CT molecular complexity index is 537. The topological polar surface area (TPSA) is 56.8 Å². The Morgan fingerprint density at radius 1 is 1.27 bits per heavy atom. The molecule has 0 fully saturated rings. The number of methoxy groups -OCH3 is 2. The number of carbonyl (C=O) groups excluding carboxylic acids is 1. The van der Waals surface area contributed by atoms with E-state index in [9.17, 15) is 18.0 Å². The van der Waals surface area contributed by atoms with Crippen molar-refractivity contribution in [3.8, 4) is 11.5 Å². The summed E-state index contributed by atoms with van der Waals surface area (Å²) in [7, 11) is 2.74. The van der Waals surface area contributed by atoms with Gasteiger partial charge in [0.15, 0.2) is 0 Å². The Labute approximate surface area is 130 Å². The Morgan fingerprint density at radius 2 is 1.86 bits per heavy atom. The van der Waals surface area contributed by atoms with Crippen LogP contribution in [0.1, 0.15) is 6.92 Å². The number of carbonyl (C=O) groups is 1. The average molecular weight is 342 g/mol. The number of amides is 1. The van der Waals surface area contributed by atoms with Crippen molar-refractivity contribution >= 4 is 23.2 Å². The first kappa shape index (κ1) is 18.4. The fourth-order valence-electron chi connectivity index (χ4n) is 1.49. The highest BCUT2D eigenvalue weighted by molar-refractivity contribution is 6.32. The molecule has 1 atom stereocenters. The molecule has 0 aromatic heterocycles. The van der Waals surface area contributed by atoms with E-state index in [1.807, 2.05) is 0 Å². The molecule has 0 aliphatic carbocycles. The van der Waals surface area contributed by atoms with E-state index >= 15 is 0 Å². The predicted octanol–water partition coefficient (Wildman–Crippen LogP) is 3.26. The highest BCUT2D eigenvalue weighted by atomic mass is 35.5. The van der Waals surface area contributed by atoms with Gasteiger partial charge in [-0.3, -0.25) is 4.79 Å². The zero-order chi connectivity index (χ0) is 16.9. The van der Waals surface area contributed by atoms with Crippen LogP contribution in [0.25, 0.3) is 0 Å². The molecule has 1 aromatic carbocycles. The summed E-state index contributed by atoms with van der Waals surface area (Å²) in [5, 5.41) is 2.67. The summed E-state index contributed by atoms with van der Waals surface area (Å²) in [6.07, 6.45) is -5.80. The van der Waals surface area contributed by atoms with Gasteiger partial charge in [-0.1, -0.05) is 11.6 Å². The van der Waals surface area contributed by atoms with Crippen molar-refractivity contribution in [3.05, 3.63) is 17.2 Å². The van der Waals surface area contributed by atoms with E-state index in [0.29, 0.717) is 0 Å². The standard InChI is InChI=1S/C13H15ClF3NO4/c1-7(22-6-13(15,16)17)12(19)18-9-5-10(20-2)8(14)4-11(9)21-3/h4-5,7H,6H2,1-3H3,(H,18,19)/t7-/m1/s1. The maximum atomic E-state index is 12.1. The van der Waals surface area contributed by atoms with Crippen LogP contribution in [0.3, 0.4) is 0 Å². The van der Waals surface area contributed by atoms with E-state index in [2.05, 4.69) is 10.1 Å². The molecule has 9 heteroatoms. The number of alkyl halides is 3. The van der Waals surface area contributed by atoms with Crippen LogP contribution in [-0.4, -0.2) is 39.0 Å². The zero-order valence-corrected chi connectivity index (χ0v) is 12.8. The van der Waals surface area contributed by atoms with Gasteiger partial charge in [-0.15, -0.1) is 0 Å². The number of benzene rings is 1. The molecular formula is C13H15ClF3NO4. The average Bonchev–Trinajstić information content (AvgIpc) is 2.45. The molecular weight excluding hydrogens is 327 g/mol. The minimum absolute atomic E-state index is 0.205. The Morgan fingerprint density at radius 3 is 2.36 bits per heavy atom. The van der Waals surface area contributed by atoms with Gasteiger partial charge in [0.05, 0.1) is 24.9 Å².